The third-order valence-electron chi connectivity index (χ3n) is 8.72. The molecule has 0 bridgehead atoms. The van der Waals surface area contributed by atoms with Crippen molar-refractivity contribution in [1.82, 2.24) is 0 Å². The quantitative estimate of drug-likeness (QED) is 0.417. The highest BCUT2D eigenvalue weighted by Gasteiger charge is 2.47. The first-order chi connectivity index (χ1) is 17.6. The number of benzene rings is 1. The average Bonchev–Trinajstić information content (AvgIpc) is 2.83. The van der Waals surface area contributed by atoms with Gasteiger partial charge in [0.25, 0.3) is 0 Å². The van der Waals surface area contributed by atoms with Crippen molar-refractivity contribution < 1.29 is 29.7 Å². The predicted octanol–water partition coefficient (Wildman–Crippen LogP) is 4.55. The molecule has 0 aromatic heterocycles. The van der Waals surface area contributed by atoms with E-state index in [1.807, 2.05) is 25.1 Å². The Morgan fingerprint density at radius 2 is 1.78 bits per heavy atom. The van der Waals surface area contributed by atoms with Crippen LogP contribution in [0.25, 0.3) is 5.76 Å². The number of nitrogens with zero attached hydrogens (tertiary/aromatic N) is 1. The Bertz CT molecular complexity index is 1100. The van der Waals surface area contributed by atoms with Gasteiger partial charge in [-0.15, -0.1) is 0 Å². The van der Waals surface area contributed by atoms with Gasteiger partial charge in [0, 0.05) is 32.0 Å². The Labute approximate surface area is 219 Å². The molecule has 7 heteroatoms. The minimum absolute atomic E-state index is 0.0248. The van der Waals surface area contributed by atoms with E-state index < -0.39 is 23.4 Å². The number of carbonyl (C=O) groups is 3. The van der Waals surface area contributed by atoms with Crippen LogP contribution in [0.15, 0.2) is 11.6 Å². The summed E-state index contributed by atoms with van der Waals surface area (Å²) in [5, 5.41) is 32.5. The van der Waals surface area contributed by atoms with Gasteiger partial charge in [-0.2, -0.15) is 0 Å². The van der Waals surface area contributed by atoms with Crippen LogP contribution in [0.2, 0.25) is 0 Å². The molecule has 7 nitrogen and oxygen atoms in total. The van der Waals surface area contributed by atoms with E-state index >= 15 is 0 Å². The summed E-state index contributed by atoms with van der Waals surface area (Å²) in [4.78, 5) is 40.3. The lowest BCUT2D eigenvalue weighted by Gasteiger charge is -2.40. The maximum atomic E-state index is 13.7. The van der Waals surface area contributed by atoms with Gasteiger partial charge in [0.15, 0.2) is 11.6 Å². The number of anilines is 1. The Kier molecular flexibility index (Phi) is 8.42. The molecule has 37 heavy (non-hydrogen) atoms. The Morgan fingerprint density at radius 1 is 1.08 bits per heavy atom. The molecule has 3 aliphatic rings. The van der Waals surface area contributed by atoms with Gasteiger partial charge in [-0.1, -0.05) is 32.1 Å². The number of rotatable bonds is 9. The van der Waals surface area contributed by atoms with E-state index in [9.17, 15) is 29.7 Å². The van der Waals surface area contributed by atoms with Gasteiger partial charge in [0.2, 0.25) is 0 Å². The van der Waals surface area contributed by atoms with Gasteiger partial charge in [-0.3, -0.25) is 14.4 Å². The number of ketones is 3. The van der Waals surface area contributed by atoms with Gasteiger partial charge in [0.05, 0.1) is 17.9 Å². The Morgan fingerprint density at radius 3 is 2.41 bits per heavy atom. The number of phenols is 1. The number of Topliss-reactive ketones (excluding diaryl/α,β-unsaturated/α-hetero) is 3. The van der Waals surface area contributed by atoms with Gasteiger partial charge in [-0.05, 0) is 74.0 Å². The monoisotopic (exact) mass is 511 g/mol. The second kappa shape index (κ2) is 11.4. The van der Waals surface area contributed by atoms with E-state index in [0.29, 0.717) is 30.7 Å². The maximum Gasteiger partial charge on any atom is 0.173 e. The molecule has 1 aromatic carbocycles. The fraction of sp³-hybridized carbons (Fsp3) is 0.633. The van der Waals surface area contributed by atoms with Crippen LogP contribution in [0.3, 0.4) is 0 Å². The van der Waals surface area contributed by atoms with Crippen LogP contribution in [0.5, 0.6) is 5.75 Å². The lowest BCUT2D eigenvalue weighted by molar-refractivity contribution is -0.137. The van der Waals surface area contributed by atoms with Crippen molar-refractivity contribution in [1.29, 1.82) is 0 Å². The lowest BCUT2D eigenvalue weighted by Crippen LogP contribution is -2.43. The number of aromatic hydroxyl groups is 1. The number of allylic oxidation sites excluding steroid dienone is 1. The molecule has 0 saturated heterocycles. The molecule has 0 radical (unpaired) electrons. The van der Waals surface area contributed by atoms with Gasteiger partial charge in [0.1, 0.15) is 17.3 Å². The molecule has 3 aliphatic carbocycles. The summed E-state index contributed by atoms with van der Waals surface area (Å²) < 4.78 is 0. The van der Waals surface area contributed by atoms with Crippen molar-refractivity contribution in [2.75, 3.05) is 25.6 Å². The van der Waals surface area contributed by atoms with Crippen molar-refractivity contribution in [3.05, 3.63) is 28.3 Å². The zero-order chi connectivity index (χ0) is 26.9. The summed E-state index contributed by atoms with van der Waals surface area (Å²) in [6.45, 7) is 1.16. The second-order valence-electron chi connectivity index (χ2n) is 11.6. The first kappa shape index (κ1) is 27.4. The lowest BCUT2D eigenvalue weighted by atomic mass is 9.63. The highest BCUT2D eigenvalue weighted by molar-refractivity contribution is 6.17. The molecule has 4 rings (SSSR count). The normalized spacial score (nSPS) is 24.0. The number of aliphatic hydroxyl groups is 2. The summed E-state index contributed by atoms with van der Waals surface area (Å²) in [5.74, 6) is -2.58. The van der Waals surface area contributed by atoms with E-state index in [1.165, 1.54) is 39.0 Å². The minimum atomic E-state index is -1.06. The SMILES string of the molecule is CC(=O)CC(=O)C1C(=O)C2=C(O)c3c(O)c(CCC4CCCCC4)cc(N(C)C)c3CC2CC1CCO. The number of aryl methyl sites for hydroxylation is 1. The number of aliphatic hydroxyl groups excluding tert-OH is 2. The molecular weight excluding hydrogens is 470 g/mol. The molecule has 0 aliphatic heterocycles. The molecule has 0 amide bonds. The van der Waals surface area contributed by atoms with Crippen molar-refractivity contribution in [3.63, 3.8) is 0 Å². The van der Waals surface area contributed by atoms with E-state index in [0.717, 1.165) is 23.2 Å². The molecular formula is C30H41NO6. The molecule has 1 aromatic rings. The molecule has 0 heterocycles. The molecule has 3 N–H and O–H groups in total. The van der Waals surface area contributed by atoms with Crippen LogP contribution < -0.4 is 4.90 Å². The Hall–Kier alpha value is -2.67. The Balaban J connectivity index is 1.75. The standard InChI is InChI=1S/C30H41NO6/c1-17(33)13-24(34)25-19(11-12-32)14-21-15-22-23(31(2)3)16-20(10-9-18-7-5-4-6-8-18)28(35)27(22)30(37)26(21)29(25)36/h16,18-19,21,25,32,35,37H,4-15H2,1-3H3. The van der Waals surface area contributed by atoms with Crippen molar-refractivity contribution in [2.45, 2.75) is 77.6 Å². The molecule has 202 valence electrons. The number of hydrogen-bond acceptors (Lipinski definition) is 7. The predicted molar refractivity (Wildman–Crippen MR) is 143 cm³/mol. The number of hydrogen-bond donors (Lipinski definition) is 3. The van der Waals surface area contributed by atoms with Crippen LogP contribution in [0.4, 0.5) is 5.69 Å². The fourth-order valence-corrected chi connectivity index (χ4v) is 6.93. The van der Waals surface area contributed by atoms with E-state index in [4.69, 9.17) is 0 Å². The summed E-state index contributed by atoms with van der Waals surface area (Å²) in [5.41, 5.74) is 2.98. The van der Waals surface area contributed by atoms with Gasteiger partial charge < -0.3 is 20.2 Å². The van der Waals surface area contributed by atoms with Crippen LogP contribution in [0.1, 0.15) is 81.4 Å². The smallest absolute Gasteiger partial charge is 0.173 e. The number of carbonyl (C=O) groups excluding carboxylic acids is 3. The van der Waals surface area contributed by atoms with Crippen molar-refractivity contribution in [2.24, 2.45) is 23.7 Å². The number of phenolic OH excluding ortho intramolecular Hbond substituents is 1. The van der Waals surface area contributed by atoms with Crippen LogP contribution in [-0.4, -0.2) is 53.4 Å². The van der Waals surface area contributed by atoms with E-state index in [2.05, 4.69) is 0 Å². The minimum Gasteiger partial charge on any atom is -0.507 e. The summed E-state index contributed by atoms with van der Waals surface area (Å²) in [7, 11) is 3.87. The van der Waals surface area contributed by atoms with Gasteiger partial charge >= 0.3 is 0 Å². The first-order valence-electron chi connectivity index (χ1n) is 13.8. The highest BCUT2D eigenvalue weighted by Crippen LogP contribution is 2.50. The van der Waals surface area contributed by atoms with Crippen molar-refractivity contribution in [3.8, 4) is 5.75 Å². The first-order valence-corrected chi connectivity index (χ1v) is 13.8. The highest BCUT2D eigenvalue weighted by atomic mass is 16.3. The van der Waals surface area contributed by atoms with Gasteiger partial charge in [-0.25, -0.2) is 0 Å². The third kappa shape index (κ3) is 5.47. The summed E-state index contributed by atoms with van der Waals surface area (Å²) in [6, 6.07) is 2.02. The molecule has 2 saturated carbocycles. The molecule has 3 atom stereocenters. The zero-order valence-electron chi connectivity index (χ0n) is 22.4. The average molecular weight is 512 g/mol. The van der Waals surface area contributed by atoms with E-state index in [1.54, 1.807) is 0 Å². The third-order valence-corrected chi connectivity index (χ3v) is 8.72. The van der Waals surface area contributed by atoms with Crippen LogP contribution >= 0.6 is 0 Å². The zero-order valence-corrected chi connectivity index (χ0v) is 22.4. The van der Waals surface area contributed by atoms with Crippen LogP contribution in [0, 0.1) is 23.7 Å². The summed E-state index contributed by atoms with van der Waals surface area (Å²) in [6.07, 6.45) is 8.74. The molecule has 0 spiro atoms. The largest absolute Gasteiger partial charge is 0.507 e. The van der Waals surface area contributed by atoms with Crippen molar-refractivity contribution >= 4 is 28.8 Å². The fourth-order valence-electron chi connectivity index (χ4n) is 6.93. The second-order valence-corrected chi connectivity index (χ2v) is 11.6. The molecule has 2 fully saturated rings. The van der Waals surface area contributed by atoms with E-state index in [-0.39, 0.29) is 48.2 Å². The number of fused-ring (bicyclic) bond motifs is 2. The topological polar surface area (TPSA) is 115 Å². The molecule has 3 unspecified atom stereocenters. The summed E-state index contributed by atoms with van der Waals surface area (Å²) >= 11 is 0. The maximum absolute atomic E-state index is 13.7. The van der Waals surface area contributed by atoms with Crippen LogP contribution in [-0.2, 0) is 27.2 Å².